The number of aliphatic carboxylic acids is 1. The van der Waals surface area contributed by atoms with Crippen molar-refractivity contribution in [1.29, 1.82) is 0 Å². The predicted molar refractivity (Wildman–Crippen MR) is 65.5 cm³/mol. The van der Waals surface area contributed by atoms with E-state index in [1.165, 1.54) is 4.90 Å². The van der Waals surface area contributed by atoms with Crippen LogP contribution in [0.3, 0.4) is 0 Å². The summed E-state index contributed by atoms with van der Waals surface area (Å²) in [5.41, 5.74) is 0.664. The molecule has 7 heteroatoms. The first-order chi connectivity index (χ1) is 8.91. The van der Waals surface area contributed by atoms with E-state index in [-0.39, 0.29) is 18.6 Å². The number of rotatable bonds is 3. The van der Waals surface area contributed by atoms with Gasteiger partial charge in [0.05, 0.1) is 12.2 Å². The molecule has 0 radical (unpaired) electrons. The Morgan fingerprint density at radius 2 is 2.26 bits per heavy atom. The highest BCUT2D eigenvalue weighted by Gasteiger charge is 2.40. The first-order valence-electron chi connectivity index (χ1n) is 6.06. The van der Waals surface area contributed by atoms with Crippen LogP contribution in [0.2, 0.25) is 0 Å². The Morgan fingerprint density at radius 1 is 1.58 bits per heavy atom. The molecule has 1 amide bonds. The van der Waals surface area contributed by atoms with E-state index in [2.05, 4.69) is 5.10 Å². The quantitative estimate of drug-likeness (QED) is 0.859. The molecule has 7 nitrogen and oxygen atoms in total. The molecule has 1 aromatic heterocycles. The van der Waals surface area contributed by atoms with Crippen LogP contribution in [0.5, 0.6) is 0 Å². The number of aromatic nitrogens is 2. The van der Waals surface area contributed by atoms with Crippen LogP contribution in [0, 0.1) is 0 Å². The van der Waals surface area contributed by atoms with E-state index in [9.17, 15) is 14.7 Å². The molecular weight excluding hydrogens is 250 g/mol. The Morgan fingerprint density at radius 3 is 2.79 bits per heavy atom. The Labute approximate surface area is 110 Å². The second kappa shape index (κ2) is 5.00. The zero-order valence-electron chi connectivity index (χ0n) is 11.1. The van der Waals surface area contributed by atoms with Gasteiger partial charge in [-0.1, -0.05) is 0 Å². The van der Waals surface area contributed by atoms with Gasteiger partial charge in [-0.15, -0.1) is 0 Å². The van der Waals surface area contributed by atoms with Crippen molar-refractivity contribution in [1.82, 2.24) is 14.7 Å². The minimum Gasteiger partial charge on any atom is -0.479 e. The fourth-order valence-electron chi connectivity index (χ4n) is 2.10. The molecule has 1 saturated heterocycles. The number of likely N-dealkylation sites (N-methyl/N-ethyl adjacent to an activating group) is 1. The summed E-state index contributed by atoms with van der Waals surface area (Å²) in [4.78, 5) is 24.3. The molecule has 19 heavy (non-hydrogen) atoms. The predicted octanol–water partition coefficient (Wildman–Crippen LogP) is 0.447. The SMILES string of the molecule is CC(C)n1cc(C2C(C(=O)O)OCC(=O)N2C)cn1. The summed E-state index contributed by atoms with van der Waals surface area (Å²) in [5.74, 6) is -1.32. The first kappa shape index (κ1) is 13.5. The fraction of sp³-hybridized carbons (Fsp3) is 0.583. The van der Waals surface area contributed by atoms with Crippen molar-refractivity contribution in [2.45, 2.75) is 32.0 Å². The maximum absolute atomic E-state index is 11.7. The maximum Gasteiger partial charge on any atom is 0.335 e. The summed E-state index contributed by atoms with van der Waals surface area (Å²) >= 11 is 0. The van der Waals surface area contributed by atoms with Crippen LogP contribution in [0.15, 0.2) is 12.4 Å². The van der Waals surface area contributed by atoms with Gasteiger partial charge in [0.1, 0.15) is 6.61 Å². The maximum atomic E-state index is 11.7. The molecule has 0 aromatic carbocycles. The van der Waals surface area contributed by atoms with Gasteiger partial charge in [-0.2, -0.15) is 5.10 Å². The molecule has 104 valence electrons. The summed E-state index contributed by atoms with van der Waals surface area (Å²) < 4.78 is 6.85. The van der Waals surface area contributed by atoms with Crippen LogP contribution >= 0.6 is 0 Å². The van der Waals surface area contributed by atoms with Gasteiger partial charge in [0.15, 0.2) is 6.10 Å². The number of morpholine rings is 1. The lowest BCUT2D eigenvalue weighted by Gasteiger charge is -2.36. The molecule has 1 N–H and O–H groups in total. The van der Waals surface area contributed by atoms with Gasteiger partial charge in [0.25, 0.3) is 0 Å². The Hall–Kier alpha value is -1.89. The van der Waals surface area contributed by atoms with E-state index in [1.807, 2.05) is 13.8 Å². The normalized spacial score (nSPS) is 24.0. The van der Waals surface area contributed by atoms with Crippen LogP contribution in [0.1, 0.15) is 31.5 Å². The minimum absolute atomic E-state index is 0.169. The third-order valence-electron chi connectivity index (χ3n) is 3.22. The van der Waals surface area contributed by atoms with E-state index in [0.29, 0.717) is 5.56 Å². The third-order valence-corrected chi connectivity index (χ3v) is 3.22. The number of carbonyl (C=O) groups excluding carboxylic acids is 1. The van der Waals surface area contributed by atoms with Crippen molar-refractivity contribution in [2.24, 2.45) is 0 Å². The number of amides is 1. The lowest BCUT2D eigenvalue weighted by Crippen LogP contribution is -2.49. The molecule has 1 aliphatic heterocycles. The van der Waals surface area contributed by atoms with E-state index < -0.39 is 18.1 Å². The monoisotopic (exact) mass is 267 g/mol. The van der Waals surface area contributed by atoms with Crippen LogP contribution in [0.25, 0.3) is 0 Å². The summed E-state index contributed by atoms with van der Waals surface area (Å²) in [6.45, 7) is 3.73. The number of hydrogen-bond acceptors (Lipinski definition) is 4. The van der Waals surface area contributed by atoms with Crippen molar-refractivity contribution in [3.05, 3.63) is 18.0 Å². The van der Waals surface area contributed by atoms with E-state index in [0.717, 1.165) is 0 Å². The van der Waals surface area contributed by atoms with Gasteiger partial charge >= 0.3 is 5.97 Å². The molecule has 0 saturated carbocycles. The topological polar surface area (TPSA) is 84.7 Å². The Bertz CT molecular complexity index is 497. The smallest absolute Gasteiger partial charge is 0.335 e. The molecule has 1 fully saturated rings. The average Bonchev–Trinajstić information content (AvgIpc) is 2.81. The van der Waals surface area contributed by atoms with E-state index in [4.69, 9.17) is 4.74 Å². The highest BCUT2D eigenvalue weighted by Crippen LogP contribution is 2.29. The molecule has 0 bridgehead atoms. The molecular formula is C12H17N3O4. The number of carbonyl (C=O) groups is 2. The molecule has 1 aromatic rings. The third kappa shape index (κ3) is 2.46. The zero-order valence-corrected chi connectivity index (χ0v) is 11.1. The Kier molecular flexibility index (Phi) is 3.57. The van der Waals surface area contributed by atoms with E-state index in [1.54, 1.807) is 24.1 Å². The van der Waals surface area contributed by atoms with Gasteiger partial charge in [0.2, 0.25) is 5.91 Å². The van der Waals surface area contributed by atoms with Crippen molar-refractivity contribution in [3.8, 4) is 0 Å². The van der Waals surface area contributed by atoms with Crippen LogP contribution in [-0.4, -0.2) is 51.4 Å². The number of carboxylic acids is 1. The lowest BCUT2D eigenvalue weighted by atomic mass is 10.0. The Balaban J connectivity index is 2.35. The molecule has 0 aliphatic carbocycles. The molecule has 1 aliphatic rings. The minimum atomic E-state index is -1.08. The molecule has 0 spiro atoms. The summed E-state index contributed by atoms with van der Waals surface area (Å²) in [6.07, 6.45) is 2.27. The van der Waals surface area contributed by atoms with Gasteiger partial charge in [-0.25, -0.2) is 4.79 Å². The van der Waals surface area contributed by atoms with Crippen molar-refractivity contribution >= 4 is 11.9 Å². The summed E-state index contributed by atoms with van der Waals surface area (Å²) in [6, 6.07) is -0.478. The number of hydrogen-bond donors (Lipinski definition) is 1. The van der Waals surface area contributed by atoms with Gasteiger partial charge in [-0.3, -0.25) is 9.48 Å². The van der Waals surface area contributed by atoms with Crippen LogP contribution in [0.4, 0.5) is 0 Å². The fourth-order valence-corrected chi connectivity index (χ4v) is 2.10. The largest absolute Gasteiger partial charge is 0.479 e. The highest BCUT2D eigenvalue weighted by atomic mass is 16.5. The molecule has 2 heterocycles. The van der Waals surface area contributed by atoms with Crippen LogP contribution < -0.4 is 0 Å². The molecule has 2 rings (SSSR count). The highest BCUT2D eigenvalue weighted by molar-refractivity contribution is 5.82. The van der Waals surface area contributed by atoms with Gasteiger partial charge < -0.3 is 14.7 Å². The number of nitrogens with zero attached hydrogens (tertiary/aromatic N) is 3. The number of ether oxygens (including phenoxy) is 1. The number of carboxylic acid groups (broad SMARTS) is 1. The van der Waals surface area contributed by atoms with Gasteiger partial charge in [-0.05, 0) is 13.8 Å². The van der Waals surface area contributed by atoms with Crippen molar-refractivity contribution < 1.29 is 19.4 Å². The second-order valence-corrected chi connectivity index (χ2v) is 4.87. The van der Waals surface area contributed by atoms with Crippen molar-refractivity contribution in [2.75, 3.05) is 13.7 Å². The second-order valence-electron chi connectivity index (χ2n) is 4.87. The zero-order chi connectivity index (χ0) is 14.2. The lowest BCUT2D eigenvalue weighted by molar-refractivity contribution is -0.171. The summed E-state index contributed by atoms with van der Waals surface area (Å²) in [5, 5.41) is 13.4. The van der Waals surface area contributed by atoms with Crippen LogP contribution in [-0.2, 0) is 14.3 Å². The summed E-state index contributed by atoms with van der Waals surface area (Å²) in [7, 11) is 1.58. The first-order valence-corrected chi connectivity index (χ1v) is 6.06. The van der Waals surface area contributed by atoms with Crippen molar-refractivity contribution in [3.63, 3.8) is 0 Å². The molecule has 2 atom stereocenters. The molecule has 2 unspecified atom stereocenters. The van der Waals surface area contributed by atoms with Gasteiger partial charge in [0, 0.05) is 24.8 Å². The van der Waals surface area contributed by atoms with E-state index >= 15 is 0 Å². The standard InChI is InChI=1S/C12H17N3O4/c1-7(2)15-5-8(4-13-15)10-11(12(17)18)19-6-9(16)14(10)3/h4-5,7,10-11H,6H2,1-3H3,(H,17,18). The average molecular weight is 267 g/mol.